The Bertz CT molecular complexity index is 1040. The zero-order valence-electron chi connectivity index (χ0n) is 18.2. The summed E-state index contributed by atoms with van der Waals surface area (Å²) in [5.41, 5.74) is 0.481. The molecule has 0 aliphatic rings. The fraction of sp³-hybridized carbons (Fsp3) is 0.107. The molecule has 168 valence electrons. The fourth-order valence-corrected chi connectivity index (χ4v) is 8.38. The van der Waals surface area contributed by atoms with E-state index < -0.39 is 13.4 Å². The van der Waals surface area contributed by atoms with E-state index in [-0.39, 0.29) is 23.6 Å². The molecule has 0 radical (unpaired) electrons. The largest absolute Gasteiger partial charge is 0.490 e. The number of aliphatic hydroxyl groups is 1. The molecule has 1 atom stereocenters. The van der Waals surface area contributed by atoms with Crippen LogP contribution in [-0.2, 0) is 0 Å². The molecule has 4 aromatic rings. The summed E-state index contributed by atoms with van der Waals surface area (Å²) >= 11 is 0. The van der Waals surface area contributed by atoms with Gasteiger partial charge in [0.2, 0.25) is 0 Å². The highest BCUT2D eigenvalue weighted by Crippen LogP contribution is 2.55. The minimum Gasteiger partial charge on any atom is -0.490 e. The molecule has 0 aromatic heterocycles. The Morgan fingerprint density at radius 2 is 1.12 bits per heavy atom. The number of aliphatic hydroxyl groups excluding tert-OH is 1. The fourth-order valence-electron chi connectivity index (χ4n) is 4.08. The van der Waals surface area contributed by atoms with E-state index in [4.69, 9.17) is 4.74 Å². The van der Waals surface area contributed by atoms with Gasteiger partial charge in [-0.15, -0.1) is 17.0 Å². The average molecular weight is 522 g/mol. The van der Waals surface area contributed by atoms with Crippen LogP contribution in [0.3, 0.4) is 0 Å². The van der Waals surface area contributed by atoms with E-state index in [1.165, 1.54) is 15.9 Å². The number of hydrogen-bond acceptors (Lipinski definition) is 3. The predicted molar refractivity (Wildman–Crippen MR) is 144 cm³/mol. The van der Waals surface area contributed by atoms with E-state index in [0.29, 0.717) is 17.5 Å². The van der Waals surface area contributed by atoms with E-state index >= 15 is 0 Å². The van der Waals surface area contributed by atoms with Crippen molar-refractivity contribution in [3.05, 3.63) is 121 Å². The van der Waals surface area contributed by atoms with E-state index in [0.717, 1.165) is 6.29 Å². The Kier molecular flexibility index (Phi) is 8.96. The van der Waals surface area contributed by atoms with Crippen LogP contribution in [0.5, 0.6) is 5.75 Å². The molecule has 0 aliphatic heterocycles. The molecular weight excluding hydrogens is 495 g/mol. The standard InChI is InChI=1S/C28H26O3P.BrH/c29-20-23-12-10-11-19-28(23)31-21-24(30)22-32(25-13-4-1-5-14-25,26-15-6-2-7-16-26)27-17-8-3-9-18-27;/h1-20,24,30H,21-22H2;1H/q+1;. The number of para-hydroxylation sites is 1. The van der Waals surface area contributed by atoms with Crippen molar-refractivity contribution in [2.75, 3.05) is 12.8 Å². The molecule has 0 spiro atoms. The molecule has 4 rings (SSSR count). The van der Waals surface area contributed by atoms with Crippen molar-refractivity contribution in [3.63, 3.8) is 0 Å². The minimum atomic E-state index is -2.15. The van der Waals surface area contributed by atoms with Crippen molar-refractivity contribution in [1.82, 2.24) is 0 Å². The van der Waals surface area contributed by atoms with Gasteiger partial charge in [-0.2, -0.15) is 0 Å². The summed E-state index contributed by atoms with van der Waals surface area (Å²) in [7, 11) is -2.15. The first-order valence-corrected chi connectivity index (χ1v) is 12.6. The van der Waals surface area contributed by atoms with Gasteiger partial charge in [0.15, 0.2) is 6.29 Å². The first-order valence-electron chi connectivity index (χ1n) is 10.6. The maximum absolute atomic E-state index is 11.3. The molecule has 0 amide bonds. The molecular formula is C28H27BrO3P+. The Morgan fingerprint density at radius 1 is 0.697 bits per heavy atom. The Labute approximate surface area is 206 Å². The quantitative estimate of drug-likeness (QED) is 0.254. The van der Waals surface area contributed by atoms with Gasteiger partial charge in [-0.25, -0.2) is 0 Å². The van der Waals surface area contributed by atoms with Gasteiger partial charge in [0, 0.05) is 0 Å². The molecule has 4 aromatic carbocycles. The highest BCUT2D eigenvalue weighted by atomic mass is 79.9. The summed E-state index contributed by atoms with van der Waals surface area (Å²) in [6, 6.07) is 38.4. The molecule has 1 N–H and O–H groups in total. The van der Waals surface area contributed by atoms with Crippen molar-refractivity contribution in [3.8, 4) is 5.75 Å². The molecule has 0 fully saturated rings. The highest BCUT2D eigenvalue weighted by Gasteiger charge is 2.46. The molecule has 0 heterocycles. The number of aldehydes is 1. The van der Waals surface area contributed by atoms with Gasteiger partial charge < -0.3 is 9.84 Å². The molecule has 33 heavy (non-hydrogen) atoms. The summed E-state index contributed by atoms with van der Waals surface area (Å²) < 4.78 is 5.88. The number of halogens is 1. The molecule has 5 heteroatoms. The highest BCUT2D eigenvalue weighted by molar-refractivity contribution is 8.93. The zero-order valence-corrected chi connectivity index (χ0v) is 20.8. The smallest absolute Gasteiger partial charge is 0.153 e. The van der Waals surface area contributed by atoms with E-state index in [2.05, 4.69) is 72.8 Å². The summed E-state index contributed by atoms with van der Waals surface area (Å²) in [5.74, 6) is 0.490. The molecule has 0 saturated heterocycles. The third-order valence-electron chi connectivity index (χ3n) is 5.55. The van der Waals surface area contributed by atoms with Gasteiger partial charge >= 0.3 is 0 Å². The summed E-state index contributed by atoms with van der Waals surface area (Å²) in [6.07, 6.45) is 0.592. The molecule has 0 bridgehead atoms. The van der Waals surface area contributed by atoms with Gasteiger partial charge in [0.1, 0.15) is 47.8 Å². The predicted octanol–water partition coefficient (Wildman–Crippen LogP) is 4.81. The number of benzene rings is 4. The molecule has 1 unspecified atom stereocenters. The minimum absolute atomic E-state index is 0. The lowest BCUT2D eigenvalue weighted by molar-refractivity contribution is 0.110. The van der Waals surface area contributed by atoms with E-state index in [9.17, 15) is 9.90 Å². The lowest BCUT2D eigenvalue weighted by atomic mass is 10.2. The van der Waals surface area contributed by atoms with Crippen molar-refractivity contribution in [2.24, 2.45) is 0 Å². The number of carbonyl (C=O) groups is 1. The Balaban J connectivity index is 0.00000306. The SMILES string of the molecule is Br.O=Cc1ccccc1OCC(O)C[P+](c1ccccc1)(c1ccccc1)c1ccccc1. The maximum Gasteiger partial charge on any atom is 0.153 e. The molecule has 3 nitrogen and oxygen atoms in total. The number of carbonyl (C=O) groups excluding carboxylic acids is 1. The topological polar surface area (TPSA) is 46.5 Å². The Hall–Kier alpha value is -2.78. The van der Waals surface area contributed by atoms with E-state index in [1.54, 1.807) is 18.2 Å². The maximum atomic E-state index is 11.3. The monoisotopic (exact) mass is 521 g/mol. The van der Waals surface area contributed by atoms with Crippen LogP contribution < -0.4 is 20.7 Å². The summed E-state index contributed by atoms with van der Waals surface area (Å²) in [4.78, 5) is 11.3. The van der Waals surface area contributed by atoms with Gasteiger partial charge in [-0.1, -0.05) is 66.7 Å². The van der Waals surface area contributed by atoms with Gasteiger partial charge in [-0.05, 0) is 48.5 Å². The normalized spacial score (nSPS) is 11.8. The van der Waals surface area contributed by atoms with Crippen molar-refractivity contribution >= 4 is 46.4 Å². The second kappa shape index (κ2) is 11.9. The van der Waals surface area contributed by atoms with Crippen molar-refractivity contribution < 1.29 is 14.6 Å². The zero-order chi connectivity index (χ0) is 22.2. The van der Waals surface area contributed by atoms with Gasteiger partial charge in [-0.3, -0.25) is 4.79 Å². The molecule has 0 aliphatic carbocycles. The van der Waals surface area contributed by atoms with Crippen molar-refractivity contribution in [2.45, 2.75) is 6.10 Å². The van der Waals surface area contributed by atoms with Gasteiger partial charge in [0.05, 0.1) is 5.56 Å². The van der Waals surface area contributed by atoms with Crippen LogP contribution in [0.4, 0.5) is 0 Å². The van der Waals surface area contributed by atoms with Gasteiger partial charge in [0.25, 0.3) is 0 Å². The third-order valence-corrected chi connectivity index (χ3v) is 10.1. The number of hydrogen-bond donors (Lipinski definition) is 1. The van der Waals surface area contributed by atoms with Crippen LogP contribution in [0.1, 0.15) is 10.4 Å². The van der Waals surface area contributed by atoms with Crippen LogP contribution in [0.25, 0.3) is 0 Å². The van der Waals surface area contributed by atoms with Crippen LogP contribution in [-0.4, -0.2) is 30.3 Å². The van der Waals surface area contributed by atoms with Crippen molar-refractivity contribution in [1.29, 1.82) is 0 Å². The van der Waals surface area contributed by atoms with Crippen LogP contribution in [0.2, 0.25) is 0 Å². The summed E-state index contributed by atoms with van der Waals surface area (Å²) in [6.45, 7) is 0.110. The lowest BCUT2D eigenvalue weighted by Gasteiger charge is -2.29. The third kappa shape index (κ3) is 5.59. The van der Waals surface area contributed by atoms with Crippen LogP contribution in [0.15, 0.2) is 115 Å². The van der Waals surface area contributed by atoms with Crippen LogP contribution >= 0.6 is 24.2 Å². The Morgan fingerprint density at radius 3 is 1.58 bits per heavy atom. The number of ether oxygens (including phenoxy) is 1. The number of rotatable bonds is 9. The second-order valence-electron chi connectivity index (χ2n) is 7.62. The lowest BCUT2D eigenvalue weighted by Crippen LogP contribution is -2.38. The first-order chi connectivity index (χ1) is 15.7. The second-order valence-corrected chi connectivity index (χ2v) is 11.2. The van der Waals surface area contributed by atoms with E-state index in [1.807, 2.05) is 24.3 Å². The average Bonchev–Trinajstić information content (AvgIpc) is 2.88. The molecule has 0 saturated carbocycles. The van der Waals surface area contributed by atoms with Crippen LogP contribution in [0, 0.1) is 0 Å². The first kappa shape index (κ1) is 24.9. The summed E-state index contributed by atoms with van der Waals surface area (Å²) in [5, 5.41) is 14.8.